The molecule has 0 saturated carbocycles. The van der Waals surface area contributed by atoms with E-state index in [0.29, 0.717) is 32.0 Å². The van der Waals surface area contributed by atoms with Gasteiger partial charge in [-0.3, -0.25) is 4.79 Å². The number of carbonyl (C=O) groups is 1. The fourth-order valence-electron chi connectivity index (χ4n) is 2.97. The molecular formula is C18H26F3N3O4S. The van der Waals surface area contributed by atoms with Crippen LogP contribution in [0.3, 0.4) is 0 Å². The summed E-state index contributed by atoms with van der Waals surface area (Å²) in [5, 5.41) is 0. The second kappa shape index (κ2) is 9.31. The van der Waals surface area contributed by atoms with E-state index in [2.05, 4.69) is 0 Å². The molecule has 1 fully saturated rings. The van der Waals surface area contributed by atoms with Gasteiger partial charge < -0.3 is 14.5 Å². The Morgan fingerprint density at radius 1 is 1.21 bits per heavy atom. The molecule has 0 unspecified atom stereocenters. The monoisotopic (exact) mass is 437 g/mol. The average Bonchev–Trinajstić information content (AvgIpc) is 2.67. The molecule has 0 aliphatic carbocycles. The Labute approximate surface area is 169 Å². The Balaban J connectivity index is 2.47. The Kier molecular flexibility index (Phi) is 7.52. The molecule has 0 radical (unpaired) electrons. The first kappa shape index (κ1) is 23.4. The van der Waals surface area contributed by atoms with Crippen molar-refractivity contribution in [2.75, 3.05) is 58.4 Å². The van der Waals surface area contributed by atoms with Crippen LogP contribution in [-0.2, 0) is 14.8 Å². The van der Waals surface area contributed by atoms with Crippen molar-refractivity contribution < 1.29 is 31.1 Å². The highest BCUT2D eigenvalue weighted by atomic mass is 32.2. The van der Waals surface area contributed by atoms with Gasteiger partial charge in [-0.15, -0.1) is 0 Å². The highest BCUT2D eigenvalue weighted by Gasteiger charge is 2.31. The number of morpholine rings is 1. The van der Waals surface area contributed by atoms with Crippen molar-refractivity contribution in [2.45, 2.75) is 24.4 Å². The topological polar surface area (TPSA) is 70.2 Å². The van der Waals surface area contributed by atoms with Gasteiger partial charge in [-0.25, -0.2) is 12.7 Å². The zero-order valence-electron chi connectivity index (χ0n) is 16.7. The third-order valence-electron chi connectivity index (χ3n) is 4.66. The molecule has 0 N–H and O–H groups in total. The van der Waals surface area contributed by atoms with E-state index in [1.165, 1.54) is 32.3 Å². The summed E-state index contributed by atoms with van der Waals surface area (Å²) in [6.07, 6.45) is -5.52. The minimum absolute atomic E-state index is 0.0684. The van der Waals surface area contributed by atoms with Gasteiger partial charge >= 0.3 is 6.18 Å². The molecule has 0 spiro atoms. The molecule has 2 rings (SSSR count). The first-order valence-corrected chi connectivity index (χ1v) is 10.7. The third kappa shape index (κ3) is 5.83. The number of hydrogen-bond donors (Lipinski definition) is 0. The number of halogens is 3. The third-order valence-corrected chi connectivity index (χ3v) is 6.47. The number of alkyl halides is 3. The predicted molar refractivity (Wildman–Crippen MR) is 103 cm³/mol. The lowest BCUT2D eigenvalue weighted by molar-refractivity contribution is -0.136. The van der Waals surface area contributed by atoms with Gasteiger partial charge in [0.05, 0.1) is 30.1 Å². The van der Waals surface area contributed by atoms with E-state index in [0.717, 1.165) is 9.21 Å². The predicted octanol–water partition coefficient (Wildman–Crippen LogP) is 2.19. The summed E-state index contributed by atoms with van der Waals surface area (Å²) in [5.41, 5.74) is 0.556. The molecule has 0 bridgehead atoms. The van der Waals surface area contributed by atoms with E-state index in [-0.39, 0.29) is 17.0 Å². The zero-order valence-corrected chi connectivity index (χ0v) is 17.5. The normalized spacial score (nSPS) is 15.6. The van der Waals surface area contributed by atoms with E-state index >= 15 is 0 Å². The second-order valence-corrected chi connectivity index (χ2v) is 8.97. The minimum atomic E-state index is -4.39. The fourth-order valence-corrected chi connectivity index (χ4v) is 3.90. The standard InChI is InChI=1S/C18H26F3N3O4S/c1-4-23(8-7-18(19,20)21)17(25)15-13-14(29(26,27)22(2)3)5-6-16(15)24-9-11-28-12-10-24/h5-6,13H,4,7-12H2,1-3H3. The van der Waals surface area contributed by atoms with Crippen LogP contribution in [0, 0.1) is 0 Å². The number of ether oxygens (including phenoxy) is 1. The maximum absolute atomic E-state index is 13.1. The highest BCUT2D eigenvalue weighted by Crippen LogP contribution is 2.28. The van der Waals surface area contributed by atoms with Crippen LogP contribution in [0.5, 0.6) is 0 Å². The summed E-state index contributed by atoms with van der Waals surface area (Å²) in [7, 11) is -1.07. The largest absolute Gasteiger partial charge is 0.390 e. The van der Waals surface area contributed by atoms with Crippen molar-refractivity contribution in [1.82, 2.24) is 9.21 Å². The smallest absolute Gasteiger partial charge is 0.378 e. The van der Waals surface area contributed by atoms with E-state index in [1.807, 2.05) is 4.90 Å². The van der Waals surface area contributed by atoms with Gasteiger partial charge in [0.1, 0.15) is 0 Å². The van der Waals surface area contributed by atoms with Crippen molar-refractivity contribution >= 4 is 21.6 Å². The Morgan fingerprint density at radius 3 is 2.34 bits per heavy atom. The van der Waals surface area contributed by atoms with Gasteiger partial charge in [0.2, 0.25) is 10.0 Å². The maximum atomic E-state index is 13.1. The molecule has 1 aliphatic rings. The SMILES string of the molecule is CCN(CCC(F)(F)F)C(=O)c1cc(S(=O)(=O)N(C)C)ccc1N1CCOCC1. The quantitative estimate of drug-likeness (QED) is 0.654. The van der Waals surface area contributed by atoms with Gasteiger partial charge in [0, 0.05) is 46.0 Å². The number of rotatable bonds is 7. The number of anilines is 1. The highest BCUT2D eigenvalue weighted by molar-refractivity contribution is 7.89. The first-order valence-electron chi connectivity index (χ1n) is 9.22. The molecule has 1 heterocycles. The summed E-state index contributed by atoms with van der Waals surface area (Å²) in [6.45, 7) is 3.04. The maximum Gasteiger partial charge on any atom is 0.390 e. The Bertz CT molecular complexity index is 822. The van der Waals surface area contributed by atoms with Crippen LogP contribution in [0.25, 0.3) is 0 Å². The van der Waals surface area contributed by atoms with Gasteiger partial charge in [0.15, 0.2) is 0 Å². The summed E-state index contributed by atoms with van der Waals surface area (Å²) in [4.78, 5) is 16.0. The molecular weight excluding hydrogens is 411 g/mol. The number of nitrogens with zero attached hydrogens (tertiary/aromatic N) is 3. The molecule has 1 amide bonds. The first-order chi connectivity index (χ1) is 13.5. The molecule has 7 nitrogen and oxygen atoms in total. The van der Waals surface area contributed by atoms with Gasteiger partial charge in [0.25, 0.3) is 5.91 Å². The van der Waals surface area contributed by atoms with Crippen molar-refractivity contribution in [3.8, 4) is 0 Å². The summed E-state index contributed by atoms with van der Waals surface area (Å²) < 4.78 is 69.3. The van der Waals surface area contributed by atoms with E-state index in [1.54, 1.807) is 6.92 Å². The molecule has 1 aromatic carbocycles. The van der Waals surface area contributed by atoms with E-state index < -0.39 is 35.1 Å². The van der Waals surface area contributed by atoms with Crippen LogP contribution < -0.4 is 4.90 Å². The van der Waals surface area contributed by atoms with Crippen LogP contribution in [-0.4, -0.2) is 83.2 Å². The van der Waals surface area contributed by atoms with Crippen LogP contribution >= 0.6 is 0 Å². The fraction of sp³-hybridized carbons (Fsp3) is 0.611. The van der Waals surface area contributed by atoms with Crippen molar-refractivity contribution in [1.29, 1.82) is 0 Å². The number of benzene rings is 1. The molecule has 1 aliphatic heterocycles. The van der Waals surface area contributed by atoms with Crippen LogP contribution in [0.1, 0.15) is 23.7 Å². The van der Waals surface area contributed by atoms with E-state index in [4.69, 9.17) is 4.74 Å². The molecule has 29 heavy (non-hydrogen) atoms. The molecule has 164 valence electrons. The number of amides is 1. The van der Waals surface area contributed by atoms with Gasteiger partial charge in [-0.1, -0.05) is 0 Å². The summed E-state index contributed by atoms with van der Waals surface area (Å²) in [6, 6.07) is 4.19. The zero-order chi connectivity index (χ0) is 21.8. The van der Waals surface area contributed by atoms with Crippen LogP contribution in [0.4, 0.5) is 18.9 Å². The molecule has 1 aromatic rings. The lowest BCUT2D eigenvalue weighted by Gasteiger charge is -2.32. The number of sulfonamides is 1. The minimum Gasteiger partial charge on any atom is -0.378 e. The second-order valence-electron chi connectivity index (χ2n) is 6.82. The Morgan fingerprint density at radius 2 is 1.83 bits per heavy atom. The molecule has 0 atom stereocenters. The van der Waals surface area contributed by atoms with Crippen LogP contribution in [0.15, 0.2) is 23.1 Å². The van der Waals surface area contributed by atoms with Gasteiger partial charge in [-0.05, 0) is 25.1 Å². The molecule has 0 aromatic heterocycles. The Hall–Kier alpha value is -1.85. The lowest BCUT2D eigenvalue weighted by atomic mass is 10.1. The number of hydrogen-bond acceptors (Lipinski definition) is 5. The van der Waals surface area contributed by atoms with Crippen LogP contribution in [0.2, 0.25) is 0 Å². The molecule has 11 heteroatoms. The lowest BCUT2D eigenvalue weighted by Crippen LogP contribution is -2.39. The van der Waals surface area contributed by atoms with Crippen molar-refractivity contribution in [3.05, 3.63) is 23.8 Å². The summed E-state index contributed by atoms with van der Waals surface area (Å²) >= 11 is 0. The number of carbonyl (C=O) groups excluding carboxylic acids is 1. The average molecular weight is 437 g/mol. The molecule has 1 saturated heterocycles. The van der Waals surface area contributed by atoms with E-state index in [9.17, 15) is 26.4 Å². The van der Waals surface area contributed by atoms with Crippen molar-refractivity contribution in [3.63, 3.8) is 0 Å². The summed E-state index contributed by atoms with van der Waals surface area (Å²) in [5.74, 6) is -0.631. The van der Waals surface area contributed by atoms with Crippen molar-refractivity contribution in [2.24, 2.45) is 0 Å². The van der Waals surface area contributed by atoms with Gasteiger partial charge in [-0.2, -0.15) is 13.2 Å².